The van der Waals surface area contributed by atoms with Crippen molar-refractivity contribution in [1.82, 2.24) is 19.3 Å². The van der Waals surface area contributed by atoms with Gasteiger partial charge in [-0.2, -0.15) is 4.31 Å². The Balaban J connectivity index is 1.97. The second kappa shape index (κ2) is 10.9. The summed E-state index contributed by atoms with van der Waals surface area (Å²) in [5.41, 5.74) is 0. The zero-order valence-electron chi connectivity index (χ0n) is 16.1. The third-order valence-corrected chi connectivity index (χ3v) is 6.33. The molecule has 9 nitrogen and oxygen atoms in total. The van der Waals surface area contributed by atoms with Gasteiger partial charge in [0.15, 0.2) is 0 Å². The summed E-state index contributed by atoms with van der Waals surface area (Å²) in [6.07, 6.45) is 7.07. The number of anilines is 1. The molecular weight excluding hydrogens is 382 g/mol. The third kappa shape index (κ3) is 6.44. The lowest BCUT2D eigenvalue weighted by Gasteiger charge is -2.34. The van der Waals surface area contributed by atoms with Crippen LogP contribution in [0.1, 0.15) is 32.6 Å². The highest BCUT2D eigenvalue weighted by atomic mass is 32.2. The number of hydrogen-bond acceptors (Lipinski definition) is 7. The molecule has 1 N–H and O–H groups in total. The monoisotopic (exact) mass is 409 g/mol. The topological polar surface area (TPSA) is 107 Å². The van der Waals surface area contributed by atoms with E-state index in [1.165, 1.54) is 4.31 Å². The van der Waals surface area contributed by atoms with Crippen molar-refractivity contribution in [3.8, 4) is 11.8 Å². The quantitative estimate of drug-likeness (QED) is 0.211. The van der Waals surface area contributed by atoms with Gasteiger partial charge in [-0.15, -0.1) is 5.92 Å². The number of carbonyl (C=O) groups excluding carboxylic acids is 1. The van der Waals surface area contributed by atoms with Gasteiger partial charge in [0.2, 0.25) is 22.4 Å². The second-order valence-electron chi connectivity index (χ2n) is 6.49. The van der Waals surface area contributed by atoms with Crippen LogP contribution in [0.25, 0.3) is 0 Å². The molecule has 0 saturated carbocycles. The second-order valence-corrected chi connectivity index (χ2v) is 8.51. The number of rotatable bonds is 9. The van der Waals surface area contributed by atoms with Crippen LogP contribution in [0, 0.1) is 11.8 Å². The van der Waals surface area contributed by atoms with Gasteiger partial charge < -0.3 is 4.90 Å². The van der Waals surface area contributed by atoms with Crippen molar-refractivity contribution in [2.24, 2.45) is 0 Å². The zero-order valence-corrected chi connectivity index (χ0v) is 16.9. The van der Waals surface area contributed by atoms with E-state index in [2.05, 4.69) is 28.7 Å². The molecule has 1 aliphatic rings. The summed E-state index contributed by atoms with van der Waals surface area (Å²) in [7, 11) is -3.69. The van der Waals surface area contributed by atoms with Gasteiger partial charge in [0.25, 0.3) is 0 Å². The molecule has 1 amide bonds. The Kier molecular flexibility index (Phi) is 8.63. The van der Waals surface area contributed by atoms with Crippen LogP contribution in [-0.4, -0.2) is 77.3 Å². The number of aromatic nitrogens is 2. The van der Waals surface area contributed by atoms with Crippen LogP contribution in [0.15, 0.2) is 18.5 Å². The van der Waals surface area contributed by atoms with Crippen molar-refractivity contribution >= 4 is 22.4 Å². The largest absolute Gasteiger partial charge is 0.338 e. The van der Waals surface area contributed by atoms with Crippen LogP contribution in [-0.2, 0) is 14.8 Å². The molecule has 0 spiro atoms. The van der Waals surface area contributed by atoms with Crippen molar-refractivity contribution in [3.63, 3.8) is 0 Å². The Bertz CT molecular complexity index is 770. The van der Waals surface area contributed by atoms with Gasteiger partial charge in [0.05, 0.1) is 5.75 Å². The van der Waals surface area contributed by atoms with E-state index in [0.717, 1.165) is 19.3 Å². The smallest absolute Gasteiger partial charge is 0.234 e. The predicted molar refractivity (Wildman–Crippen MR) is 105 cm³/mol. The van der Waals surface area contributed by atoms with Gasteiger partial charge in [-0.05, 0) is 12.5 Å². The molecule has 0 aliphatic carbocycles. The first kappa shape index (κ1) is 22.1. The molecule has 0 aromatic carbocycles. The molecule has 10 heteroatoms. The van der Waals surface area contributed by atoms with E-state index >= 15 is 0 Å². The standard InChI is InChI=1S/C18H27N5O4S/c1-2-3-4-5-6-8-17(23(25)16-24)15-28(26,27)22-13-11-21(12-14-22)18-19-9-7-10-20-18/h7,9-10,16-17,25H,2-5,11-15H2,1H3. The minimum Gasteiger partial charge on any atom is -0.338 e. The summed E-state index contributed by atoms with van der Waals surface area (Å²) in [6.45, 7) is 3.57. The maximum absolute atomic E-state index is 12.7. The average molecular weight is 410 g/mol. The van der Waals surface area contributed by atoms with Crippen LogP contribution < -0.4 is 4.90 Å². The molecule has 1 fully saturated rings. The third-order valence-electron chi connectivity index (χ3n) is 4.44. The van der Waals surface area contributed by atoms with E-state index in [1.807, 2.05) is 4.90 Å². The van der Waals surface area contributed by atoms with Gasteiger partial charge in [0.1, 0.15) is 6.04 Å². The van der Waals surface area contributed by atoms with Gasteiger partial charge >= 0.3 is 0 Å². The average Bonchev–Trinajstić information content (AvgIpc) is 2.73. The molecule has 2 heterocycles. The van der Waals surface area contributed by atoms with Gasteiger partial charge in [-0.25, -0.2) is 23.4 Å². The SMILES string of the molecule is CCCCCC#CC(CS(=O)(=O)N1CCN(c2ncccn2)CC1)N(O)C=O. The van der Waals surface area contributed by atoms with E-state index in [4.69, 9.17) is 0 Å². The number of carbonyl (C=O) groups is 1. The summed E-state index contributed by atoms with van der Waals surface area (Å²) >= 11 is 0. The van der Waals surface area contributed by atoms with Crippen LogP contribution in [0.2, 0.25) is 0 Å². The number of sulfonamides is 1. The Hall–Kier alpha value is -2.22. The van der Waals surface area contributed by atoms with E-state index in [1.54, 1.807) is 18.5 Å². The van der Waals surface area contributed by atoms with Crippen molar-refractivity contribution in [2.75, 3.05) is 36.8 Å². The minimum absolute atomic E-state index is 0.186. The Morgan fingerprint density at radius 1 is 1.25 bits per heavy atom. The van der Waals surface area contributed by atoms with Gasteiger partial charge in [-0.3, -0.25) is 10.0 Å². The molecule has 1 aliphatic heterocycles. The predicted octanol–water partition coefficient (Wildman–Crippen LogP) is 0.728. The van der Waals surface area contributed by atoms with Crippen LogP contribution in [0.5, 0.6) is 0 Å². The van der Waals surface area contributed by atoms with Crippen molar-refractivity contribution in [2.45, 2.75) is 38.6 Å². The molecule has 154 valence electrons. The molecule has 1 unspecified atom stereocenters. The lowest BCUT2D eigenvalue weighted by atomic mass is 10.2. The van der Waals surface area contributed by atoms with Gasteiger partial charge in [-0.1, -0.05) is 25.7 Å². The summed E-state index contributed by atoms with van der Waals surface area (Å²) < 4.78 is 26.9. The fourth-order valence-electron chi connectivity index (χ4n) is 2.84. The molecule has 1 saturated heterocycles. The molecule has 2 rings (SSSR count). The molecule has 28 heavy (non-hydrogen) atoms. The van der Waals surface area contributed by atoms with Crippen LogP contribution in [0.4, 0.5) is 5.95 Å². The highest BCUT2D eigenvalue weighted by Gasteiger charge is 2.31. The normalized spacial score (nSPS) is 16.1. The number of nitrogens with zero attached hydrogens (tertiary/aromatic N) is 5. The van der Waals surface area contributed by atoms with Crippen LogP contribution in [0.3, 0.4) is 0 Å². The first-order valence-electron chi connectivity index (χ1n) is 9.38. The fraction of sp³-hybridized carbons (Fsp3) is 0.611. The molecule has 0 bridgehead atoms. The zero-order chi connectivity index (χ0) is 20.4. The van der Waals surface area contributed by atoms with E-state index in [9.17, 15) is 18.4 Å². The highest BCUT2D eigenvalue weighted by molar-refractivity contribution is 7.89. The Morgan fingerprint density at radius 2 is 1.93 bits per heavy atom. The molecule has 1 atom stereocenters. The maximum Gasteiger partial charge on any atom is 0.234 e. The van der Waals surface area contributed by atoms with Crippen molar-refractivity contribution < 1.29 is 18.4 Å². The van der Waals surface area contributed by atoms with Gasteiger partial charge in [0, 0.05) is 45.0 Å². The molecule has 0 radical (unpaired) electrons. The lowest BCUT2D eigenvalue weighted by Crippen LogP contribution is -2.51. The molecule has 1 aromatic rings. The van der Waals surface area contributed by atoms with E-state index < -0.39 is 21.8 Å². The Labute approximate surface area is 166 Å². The van der Waals surface area contributed by atoms with E-state index in [-0.39, 0.29) is 19.5 Å². The van der Waals surface area contributed by atoms with Crippen molar-refractivity contribution in [3.05, 3.63) is 18.5 Å². The minimum atomic E-state index is -3.69. The summed E-state index contributed by atoms with van der Waals surface area (Å²) in [5.74, 6) is 5.72. The highest BCUT2D eigenvalue weighted by Crippen LogP contribution is 2.14. The molecule has 1 aromatic heterocycles. The Morgan fingerprint density at radius 3 is 2.54 bits per heavy atom. The van der Waals surface area contributed by atoms with Crippen molar-refractivity contribution in [1.29, 1.82) is 0 Å². The summed E-state index contributed by atoms with van der Waals surface area (Å²) in [4.78, 5) is 21.2. The molecular formula is C18H27N5O4S. The fourth-order valence-corrected chi connectivity index (χ4v) is 4.40. The maximum atomic E-state index is 12.7. The number of hydrogen-bond donors (Lipinski definition) is 1. The summed E-state index contributed by atoms with van der Waals surface area (Å²) in [6, 6.07) is 0.640. The summed E-state index contributed by atoms with van der Waals surface area (Å²) in [5, 5.41) is 10.1. The number of hydroxylamine groups is 2. The first-order valence-corrected chi connectivity index (χ1v) is 11.0. The van der Waals surface area contributed by atoms with Crippen LogP contribution >= 0.6 is 0 Å². The number of piperazine rings is 1. The lowest BCUT2D eigenvalue weighted by molar-refractivity contribution is -0.153. The van der Waals surface area contributed by atoms with E-state index in [0.29, 0.717) is 30.5 Å². The number of amides is 1. The first-order chi connectivity index (χ1) is 13.5. The number of unbranched alkanes of at least 4 members (excludes halogenated alkanes) is 3.